The van der Waals surface area contributed by atoms with Crippen LogP contribution in [0.25, 0.3) is 0 Å². The van der Waals surface area contributed by atoms with Gasteiger partial charge >= 0.3 is 6.03 Å². The third-order valence-corrected chi connectivity index (χ3v) is 5.12. The molecule has 0 saturated heterocycles. The van der Waals surface area contributed by atoms with Crippen molar-refractivity contribution < 1.29 is 4.79 Å². The van der Waals surface area contributed by atoms with Crippen molar-refractivity contribution in [2.45, 2.75) is 51.5 Å². The average Bonchev–Trinajstić information content (AvgIpc) is 2.59. The molecule has 0 atom stereocenters. The zero-order chi connectivity index (χ0) is 17.0. The fourth-order valence-corrected chi connectivity index (χ4v) is 3.54. The molecule has 1 aliphatic rings. The molecule has 0 unspecified atom stereocenters. The summed E-state index contributed by atoms with van der Waals surface area (Å²) in [6.45, 7) is 4.24. The molecule has 2 aromatic carbocycles. The third-order valence-electron chi connectivity index (χ3n) is 5.12. The number of anilines is 1. The third kappa shape index (κ3) is 3.16. The van der Waals surface area contributed by atoms with E-state index in [2.05, 4.69) is 54.8 Å². The predicted octanol–water partition coefficient (Wildman–Crippen LogP) is 5.01. The molecule has 0 radical (unpaired) electrons. The topological polar surface area (TPSA) is 41.1 Å². The number of benzene rings is 2. The molecule has 2 N–H and O–H groups in total. The van der Waals surface area contributed by atoms with Crippen molar-refractivity contribution in [3.63, 3.8) is 0 Å². The minimum Gasteiger partial charge on any atom is -0.328 e. The lowest BCUT2D eigenvalue weighted by Crippen LogP contribution is -2.52. The Labute approximate surface area is 144 Å². The molecule has 0 spiro atoms. The number of nitrogens with one attached hydrogen (secondary N) is 2. The Morgan fingerprint density at radius 1 is 0.958 bits per heavy atom. The van der Waals surface area contributed by atoms with Gasteiger partial charge in [-0.2, -0.15) is 0 Å². The molecule has 0 bridgehead atoms. The van der Waals surface area contributed by atoms with Gasteiger partial charge in [-0.3, -0.25) is 0 Å². The van der Waals surface area contributed by atoms with E-state index >= 15 is 0 Å². The van der Waals surface area contributed by atoms with Gasteiger partial charge in [-0.15, -0.1) is 0 Å². The number of carbonyl (C=O) groups is 1. The molecule has 1 saturated carbocycles. The van der Waals surface area contributed by atoms with Crippen LogP contribution < -0.4 is 10.6 Å². The number of urea groups is 1. The second-order valence-electron chi connectivity index (χ2n) is 6.54. The number of amides is 2. The van der Waals surface area contributed by atoms with E-state index in [0.717, 1.165) is 37.8 Å². The molecule has 126 valence electrons. The molecule has 2 aromatic rings. The largest absolute Gasteiger partial charge is 0.328 e. The Morgan fingerprint density at radius 2 is 1.58 bits per heavy atom. The van der Waals surface area contributed by atoms with E-state index in [0.29, 0.717) is 0 Å². The Hall–Kier alpha value is -2.29. The number of carbonyl (C=O) groups excluding carboxylic acids is 1. The number of rotatable bonds is 5. The van der Waals surface area contributed by atoms with Crippen LogP contribution in [-0.4, -0.2) is 6.03 Å². The molecule has 3 heteroatoms. The lowest BCUT2D eigenvalue weighted by molar-refractivity contribution is 0.185. The van der Waals surface area contributed by atoms with Gasteiger partial charge in [0.15, 0.2) is 0 Å². The molecule has 0 heterocycles. The summed E-state index contributed by atoms with van der Waals surface area (Å²) in [5, 5.41) is 6.37. The SMILES string of the molecule is CCc1cccc(CC)c1NC(=O)NC1(c2ccccc2)CCC1. The summed E-state index contributed by atoms with van der Waals surface area (Å²) in [6.07, 6.45) is 4.97. The van der Waals surface area contributed by atoms with E-state index in [4.69, 9.17) is 0 Å². The van der Waals surface area contributed by atoms with E-state index in [9.17, 15) is 4.79 Å². The molecule has 24 heavy (non-hydrogen) atoms. The van der Waals surface area contributed by atoms with Gasteiger partial charge in [-0.05, 0) is 48.8 Å². The van der Waals surface area contributed by atoms with Crippen LogP contribution in [0, 0.1) is 0 Å². The highest BCUT2D eigenvalue weighted by Crippen LogP contribution is 2.41. The summed E-state index contributed by atoms with van der Waals surface area (Å²) >= 11 is 0. The summed E-state index contributed by atoms with van der Waals surface area (Å²) in [7, 11) is 0. The van der Waals surface area contributed by atoms with Crippen LogP contribution in [0.3, 0.4) is 0 Å². The molecule has 0 aliphatic heterocycles. The zero-order valence-electron chi connectivity index (χ0n) is 14.6. The number of para-hydroxylation sites is 1. The van der Waals surface area contributed by atoms with Crippen molar-refractivity contribution in [2.75, 3.05) is 5.32 Å². The molecule has 0 aromatic heterocycles. The molecular weight excluding hydrogens is 296 g/mol. The monoisotopic (exact) mass is 322 g/mol. The predicted molar refractivity (Wildman–Crippen MR) is 99.3 cm³/mol. The molecular formula is C21H26N2O. The summed E-state index contributed by atoms with van der Waals surface area (Å²) in [4.78, 5) is 12.7. The normalized spacial score (nSPS) is 15.4. The van der Waals surface area contributed by atoms with Gasteiger partial charge in [0.2, 0.25) is 0 Å². The van der Waals surface area contributed by atoms with Gasteiger partial charge in [0, 0.05) is 5.69 Å². The minimum atomic E-state index is -0.209. The van der Waals surface area contributed by atoms with E-state index in [1.54, 1.807) is 0 Å². The maximum absolute atomic E-state index is 12.7. The summed E-state index contributed by atoms with van der Waals surface area (Å²) in [6, 6.07) is 16.4. The smallest absolute Gasteiger partial charge is 0.319 e. The molecule has 2 amide bonds. The zero-order valence-corrected chi connectivity index (χ0v) is 14.6. The van der Waals surface area contributed by atoms with Gasteiger partial charge in [-0.25, -0.2) is 4.79 Å². The Morgan fingerprint density at radius 3 is 2.08 bits per heavy atom. The van der Waals surface area contributed by atoms with Crippen molar-refractivity contribution in [1.82, 2.24) is 5.32 Å². The van der Waals surface area contributed by atoms with Gasteiger partial charge in [0.05, 0.1) is 5.54 Å². The van der Waals surface area contributed by atoms with Crippen LogP contribution in [0.5, 0.6) is 0 Å². The standard InChI is InChI=1S/C21H26N2O/c1-3-16-10-8-11-17(4-2)19(16)22-20(24)23-21(14-9-15-21)18-12-6-5-7-13-18/h5-8,10-13H,3-4,9,14-15H2,1-2H3,(H2,22,23,24). The average molecular weight is 322 g/mol. The van der Waals surface area contributed by atoms with E-state index in [1.165, 1.54) is 16.7 Å². The number of aryl methyl sites for hydroxylation is 2. The van der Waals surface area contributed by atoms with Gasteiger partial charge in [0.25, 0.3) is 0 Å². The summed E-state index contributed by atoms with van der Waals surface area (Å²) < 4.78 is 0. The lowest BCUT2D eigenvalue weighted by atomic mass is 9.72. The lowest BCUT2D eigenvalue weighted by Gasteiger charge is -2.43. The van der Waals surface area contributed by atoms with Crippen LogP contribution in [0.1, 0.15) is 49.8 Å². The van der Waals surface area contributed by atoms with Gasteiger partial charge < -0.3 is 10.6 Å². The first-order valence-electron chi connectivity index (χ1n) is 8.94. The van der Waals surface area contributed by atoms with Crippen molar-refractivity contribution in [3.05, 3.63) is 65.2 Å². The molecule has 3 rings (SSSR count). The number of hydrogen-bond acceptors (Lipinski definition) is 1. The highest BCUT2D eigenvalue weighted by molar-refractivity contribution is 5.91. The summed E-state index contributed by atoms with van der Waals surface area (Å²) in [5.74, 6) is 0. The first-order valence-corrected chi connectivity index (χ1v) is 8.94. The van der Waals surface area contributed by atoms with Gasteiger partial charge in [-0.1, -0.05) is 62.4 Å². The minimum absolute atomic E-state index is 0.103. The highest BCUT2D eigenvalue weighted by atomic mass is 16.2. The van der Waals surface area contributed by atoms with E-state index in [1.807, 2.05) is 18.2 Å². The van der Waals surface area contributed by atoms with Crippen LogP contribution in [0.15, 0.2) is 48.5 Å². The fraction of sp³-hybridized carbons (Fsp3) is 0.381. The van der Waals surface area contributed by atoms with Crippen LogP contribution in [-0.2, 0) is 18.4 Å². The molecule has 3 nitrogen and oxygen atoms in total. The second-order valence-corrected chi connectivity index (χ2v) is 6.54. The van der Waals surface area contributed by atoms with E-state index < -0.39 is 0 Å². The number of hydrogen-bond donors (Lipinski definition) is 2. The van der Waals surface area contributed by atoms with Crippen molar-refractivity contribution in [1.29, 1.82) is 0 Å². The Balaban J connectivity index is 1.79. The highest BCUT2D eigenvalue weighted by Gasteiger charge is 2.40. The first-order chi connectivity index (χ1) is 11.7. The van der Waals surface area contributed by atoms with Gasteiger partial charge in [0.1, 0.15) is 0 Å². The van der Waals surface area contributed by atoms with Crippen LogP contribution >= 0.6 is 0 Å². The Kier molecular flexibility index (Phi) is 4.89. The summed E-state index contributed by atoms with van der Waals surface area (Å²) in [5.41, 5.74) is 4.34. The molecule has 1 aliphatic carbocycles. The van der Waals surface area contributed by atoms with Crippen molar-refractivity contribution in [3.8, 4) is 0 Å². The van der Waals surface area contributed by atoms with E-state index in [-0.39, 0.29) is 11.6 Å². The van der Waals surface area contributed by atoms with Crippen molar-refractivity contribution in [2.24, 2.45) is 0 Å². The second kappa shape index (κ2) is 7.08. The Bertz CT molecular complexity index is 683. The quantitative estimate of drug-likeness (QED) is 0.798. The maximum atomic E-state index is 12.7. The van der Waals surface area contributed by atoms with Crippen LogP contribution in [0.4, 0.5) is 10.5 Å². The maximum Gasteiger partial charge on any atom is 0.319 e. The van der Waals surface area contributed by atoms with Crippen LogP contribution in [0.2, 0.25) is 0 Å². The first kappa shape index (κ1) is 16.6. The van der Waals surface area contributed by atoms with Crippen molar-refractivity contribution >= 4 is 11.7 Å². The fourth-order valence-electron chi connectivity index (χ4n) is 3.54. The molecule has 1 fully saturated rings.